The molecule has 0 aromatic carbocycles. The Morgan fingerprint density at radius 3 is 2.60 bits per heavy atom. The second kappa shape index (κ2) is 9.85. The maximum atomic E-state index is 11.0. The molecule has 1 atom stereocenters. The number of aliphatic hydroxyl groups is 1. The fourth-order valence-electron chi connectivity index (χ4n) is 0.817. The van der Waals surface area contributed by atoms with Gasteiger partial charge in [0, 0.05) is 7.11 Å². The molecule has 15 heavy (non-hydrogen) atoms. The molecule has 0 fully saturated rings. The van der Waals surface area contributed by atoms with Gasteiger partial charge < -0.3 is 25.1 Å². The van der Waals surface area contributed by atoms with Gasteiger partial charge in [0.25, 0.3) is 0 Å². The van der Waals surface area contributed by atoms with Gasteiger partial charge in [0.2, 0.25) is 0 Å². The van der Waals surface area contributed by atoms with E-state index >= 15 is 0 Å². The molecule has 0 aromatic rings. The van der Waals surface area contributed by atoms with Crippen LogP contribution in [-0.4, -0.2) is 57.3 Å². The zero-order chi connectivity index (χ0) is 11.5. The van der Waals surface area contributed by atoms with Gasteiger partial charge in [-0.1, -0.05) is 0 Å². The lowest BCUT2D eigenvalue weighted by Crippen LogP contribution is -2.27. The van der Waals surface area contributed by atoms with Gasteiger partial charge in [0.15, 0.2) is 6.10 Å². The summed E-state index contributed by atoms with van der Waals surface area (Å²) in [6, 6.07) is 0. The van der Waals surface area contributed by atoms with Crippen LogP contribution in [0.25, 0.3) is 0 Å². The number of hydrogen-bond donors (Lipinski definition) is 2. The summed E-state index contributed by atoms with van der Waals surface area (Å²) in [5.41, 5.74) is 5.17. The number of ether oxygens (including phenoxy) is 3. The summed E-state index contributed by atoms with van der Waals surface area (Å²) in [6.45, 7) is 1.64. The summed E-state index contributed by atoms with van der Waals surface area (Å²) >= 11 is 0. The third kappa shape index (κ3) is 8.31. The fraction of sp³-hybridized carbons (Fsp3) is 0.889. The topological polar surface area (TPSA) is 91.0 Å². The number of aliphatic hydroxyl groups excluding tert-OH is 1. The first-order valence-electron chi connectivity index (χ1n) is 4.83. The predicted octanol–water partition coefficient (Wildman–Crippen LogP) is -1.10. The molecule has 0 aliphatic carbocycles. The van der Waals surface area contributed by atoms with Gasteiger partial charge in [-0.15, -0.1) is 0 Å². The second-order valence-corrected chi connectivity index (χ2v) is 2.87. The number of methoxy groups -OCH3 is 1. The first-order valence-corrected chi connectivity index (χ1v) is 4.83. The number of hydrogen-bond acceptors (Lipinski definition) is 6. The van der Waals surface area contributed by atoms with Gasteiger partial charge >= 0.3 is 5.97 Å². The molecule has 0 aliphatic heterocycles. The molecule has 1 unspecified atom stereocenters. The molecule has 0 heterocycles. The number of rotatable bonds is 9. The Morgan fingerprint density at radius 2 is 2.00 bits per heavy atom. The van der Waals surface area contributed by atoms with E-state index in [4.69, 9.17) is 25.1 Å². The van der Waals surface area contributed by atoms with Crippen molar-refractivity contribution in [2.24, 2.45) is 5.73 Å². The number of carbonyl (C=O) groups is 1. The molecule has 6 nitrogen and oxygen atoms in total. The lowest BCUT2D eigenvalue weighted by molar-refractivity contribution is -0.155. The van der Waals surface area contributed by atoms with Crippen molar-refractivity contribution in [3.05, 3.63) is 0 Å². The Kier molecular flexibility index (Phi) is 9.40. The third-order valence-corrected chi connectivity index (χ3v) is 1.62. The molecule has 0 aromatic heterocycles. The first kappa shape index (κ1) is 14.3. The second-order valence-electron chi connectivity index (χ2n) is 2.87. The Bertz CT molecular complexity index is 165. The van der Waals surface area contributed by atoms with E-state index in [0.29, 0.717) is 19.8 Å². The molecule has 6 heteroatoms. The number of carbonyl (C=O) groups excluding carboxylic acids is 1. The van der Waals surface area contributed by atoms with Crippen molar-refractivity contribution in [2.75, 3.05) is 40.1 Å². The fourth-order valence-corrected chi connectivity index (χ4v) is 0.817. The smallest absolute Gasteiger partial charge is 0.335 e. The van der Waals surface area contributed by atoms with E-state index in [-0.39, 0.29) is 19.6 Å². The Labute approximate surface area is 89.3 Å². The molecule has 0 aliphatic rings. The summed E-state index contributed by atoms with van der Waals surface area (Å²) in [5, 5.41) is 9.14. The molecular weight excluding hydrogens is 202 g/mol. The minimum absolute atomic E-state index is 0.129. The van der Waals surface area contributed by atoms with Crippen molar-refractivity contribution in [3.8, 4) is 0 Å². The normalized spacial score (nSPS) is 12.5. The van der Waals surface area contributed by atoms with Gasteiger partial charge in [0.1, 0.15) is 6.61 Å². The lowest BCUT2D eigenvalue weighted by atomic mass is 10.2. The van der Waals surface area contributed by atoms with E-state index in [1.54, 1.807) is 7.11 Å². The van der Waals surface area contributed by atoms with Crippen molar-refractivity contribution in [2.45, 2.75) is 12.5 Å². The first-order chi connectivity index (χ1) is 7.22. The van der Waals surface area contributed by atoms with E-state index in [1.807, 2.05) is 0 Å². The van der Waals surface area contributed by atoms with Gasteiger partial charge in [-0.05, 0) is 13.0 Å². The van der Waals surface area contributed by atoms with Crippen LogP contribution < -0.4 is 5.73 Å². The molecule has 0 saturated carbocycles. The molecule has 90 valence electrons. The predicted molar refractivity (Wildman–Crippen MR) is 53.3 cm³/mol. The van der Waals surface area contributed by atoms with E-state index in [0.717, 1.165) is 0 Å². The van der Waals surface area contributed by atoms with Gasteiger partial charge in [-0.25, -0.2) is 4.79 Å². The van der Waals surface area contributed by atoms with Crippen molar-refractivity contribution < 1.29 is 24.1 Å². The standard InChI is InChI=1S/C9H19NO5/c1-13-4-5-14-6-7-15-9(12)8(11)2-3-10/h8,11H,2-7,10H2,1H3. The van der Waals surface area contributed by atoms with Crippen molar-refractivity contribution in [1.29, 1.82) is 0 Å². The van der Waals surface area contributed by atoms with Crippen LogP contribution in [-0.2, 0) is 19.0 Å². The van der Waals surface area contributed by atoms with E-state index in [2.05, 4.69) is 0 Å². The van der Waals surface area contributed by atoms with Crippen LogP contribution in [0.2, 0.25) is 0 Å². The summed E-state index contributed by atoms with van der Waals surface area (Å²) < 4.78 is 14.5. The van der Waals surface area contributed by atoms with Gasteiger partial charge in [0.05, 0.1) is 19.8 Å². The average Bonchev–Trinajstić information content (AvgIpc) is 2.23. The van der Waals surface area contributed by atoms with Crippen molar-refractivity contribution in [1.82, 2.24) is 0 Å². The zero-order valence-corrected chi connectivity index (χ0v) is 8.98. The largest absolute Gasteiger partial charge is 0.461 e. The maximum absolute atomic E-state index is 11.0. The van der Waals surface area contributed by atoms with E-state index in [9.17, 15) is 4.79 Å². The minimum atomic E-state index is -1.13. The van der Waals surface area contributed by atoms with Crippen molar-refractivity contribution in [3.63, 3.8) is 0 Å². The van der Waals surface area contributed by atoms with Crippen LogP contribution in [0.4, 0.5) is 0 Å². The van der Waals surface area contributed by atoms with Crippen LogP contribution in [0, 0.1) is 0 Å². The third-order valence-electron chi connectivity index (χ3n) is 1.62. The Morgan fingerprint density at radius 1 is 1.33 bits per heavy atom. The molecule has 0 saturated heterocycles. The molecule has 0 rings (SSSR count). The molecule has 0 amide bonds. The SMILES string of the molecule is COCCOCCOC(=O)C(O)CCN. The monoisotopic (exact) mass is 221 g/mol. The zero-order valence-electron chi connectivity index (χ0n) is 8.98. The van der Waals surface area contributed by atoms with Crippen molar-refractivity contribution >= 4 is 5.97 Å². The summed E-state index contributed by atoms with van der Waals surface area (Å²) in [4.78, 5) is 11.0. The quantitative estimate of drug-likeness (QED) is 0.379. The Balaban J connectivity index is 3.30. The molecule has 0 radical (unpaired) electrons. The summed E-state index contributed by atoms with van der Waals surface area (Å²) in [6.07, 6.45) is -0.919. The molecular formula is C9H19NO5. The molecule has 3 N–H and O–H groups in total. The highest BCUT2D eigenvalue weighted by molar-refractivity contribution is 5.74. The highest BCUT2D eigenvalue weighted by Gasteiger charge is 2.14. The number of nitrogens with two attached hydrogens (primary N) is 1. The lowest BCUT2D eigenvalue weighted by Gasteiger charge is -2.09. The summed E-state index contributed by atoms with van der Waals surface area (Å²) in [7, 11) is 1.58. The van der Waals surface area contributed by atoms with Crippen LogP contribution in [0.1, 0.15) is 6.42 Å². The van der Waals surface area contributed by atoms with Crippen LogP contribution in [0.15, 0.2) is 0 Å². The molecule has 0 spiro atoms. The van der Waals surface area contributed by atoms with Gasteiger partial charge in [-0.3, -0.25) is 0 Å². The Hall–Kier alpha value is -0.690. The van der Waals surface area contributed by atoms with Crippen LogP contribution in [0.5, 0.6) is 0 Å². The maximum Gasteiger partial charge on any atom is 0.335 e. The highest BCUT2D eigenvalue weighted by atomic mass is 16.6. The van der Waals surface area contributed by atoms with E-state index < -0.39 is 12.1 Å². The molecule has 0 bridgehead atoms. The summed E-state index contributed by atoms with van der Waals surface area (Å²) in [5.74, 6) is -0.657. The van der Waals surface area contributed by atoms with Gasteiger partial charge in [-0.2, -0.15) is 0 Å². The highest BCUT2D eigenvalue weighted by Crippen LogP contribution is 1.93. The minimum Gasteiger partial charge on any atom is -0.461 e. The number of esters is 1. The van der Waals surface area contributed by atoms with E-state index in [1.165, 1.54) is 0 Å². The average molecular weight is 221 g/mol. The van der Waals surface area contributed by atoms with Crippen LogP contribution >= 0.6 is 0 Å². The van der Waals surface area contributed by atoms with Crippen LogP contribution in [0.3, 0.4) is 0 Å².